The number of hydrogen-bond donors (Lipinski definition) is 0. The third-order valence-corrected chi connectivity index (χ3v) is 7.20. The maximum atomic E-state index is 12.7. The largest absolute Gasteiger partial charge is 0.741 e. The average molecular weight is 530 g/mol. The molecule has 0 radical (unpaired) electrons. The highest BCUT2D eigenvalue weighted by Crippen LogP contribution is 2.27. The van der Waals surface area contributed by atoms with Crippen molar-refractivity contribution in [1.29, 1.82) is 0 Å². The van der Waals surface area contributed by atoms with E-state index in [9.17, 15) is 18.0 Å². The Labute approximate surface area is 173 Å². The zero-order chi connectivity index (χ0) is 21.8. The third kappa shape index (κ3) is 7.67. The van der Waals surface area contributed by atoms with Crippen LogP contribution < -0.4 is 21.2 Å². The van der Waals surface area contributed by atoms with Crippen molar-refractivity contribution in [2.75, 3.05) is 0 Å². The van der Waals surface area contributed by atoms with Crippen LogP contribution in [-0.2, 0) is 14.9 Å². The molecule has 1 aromatic rings. The molecule has 1 aliphatic carbocycles. The minimum absolute atomic E-state index is 0.226. The number of carbonyl (C=O) groups excluding carboxylic acids is 1. The van der Waals surface area contributed by atoms with E-state index in [2.05, 4.69) is 43.3 Å². The summed E-state index contributed by atoms with van der Waals surface area (Å²) < 4.78 is 61.7. The van der Waals surface area contributed by atoms with Gasteiger partial charge in [0, 0.05) is 17.4 Å². The highest BCUT2D eigenvalue weighted by atomic mass is 127. The molecule has 156 valence electrons. The van der Waals surface area contributed by atoms with E-state index >= 15 is 0 Å². The number of alkyl halides is 3. The van der Waals surface area contributed by atoms with Crippen LogP contribution in [-0.4, -0.2) is 24.3 Å². The van der Waals surface area contributed by atoms with Gasteiger partial charge in [0.15, 0.2) is 23.1 Å². The second-order valence-electron chi connectivity index (χ2n) is 7.18. The van der Waals surface area contributed by atoms with Gasteiger partial charge in [-0.05, 0) is 25.5 Å². The summed E-state index contributed by atoms with van der Waals surface area (Å²) in [7, 11) is -6.09. The van der Waals surface area contributed by atoms with Crippen molar-refractivity contribution in [3.8, 4) is 0 Å². The number of benzene rings is 1. The molecular formula is C19H22F3IO4S. The van der Waals surface area contributed by atoms with Gasteiger partial charge in [-0.15, -0.1) is 0 Å². The first-order valence-corrected chi connectivity index (χ1v) is 11.8. The Hall–Kier alpha value is -1.20. The lowest BCUT2D eigenvalue weighted by Crippen LogP contribution is -3.61. The molecule has 1 aliphatic rings. The molecule has 0 atom stereocenters. The van der Waals surface area contributed by atoms with Gasteiger partial charge in [0.1, 0.15) is 0 Å². The Balaban J connectivity index is 0.000000416. The van der Waals surface area contributed by atoms with Crippen LogP contribution in [0.5, 0.6) is 0 Å². The maximum absolute atomic E-state index is 12.7. The lowest BCUT2D eigenvalue weighted by atomic mass is 9.83. The van der Waals surface area contributed by atoms with Crippen LogP contribution in [0, 0.1) is 8.99 Å². The summed E-state index contributed by atoms with van der Waals surface area (Å²) in [5.41, 5.74) is -3.44. The van der Waals surface area contributed by atoms with Crippen LogP contribution in [0.15, 0.2) is 51.1 Å². The highest BCUT2D eigenvalue weighted by molar-refractivity contribution is 7.86. The number of carbonyl (C=O) groups is 1. The molecule has 0 fully saturated rings. The molecule has 1 aromatic carbocycles. The zero-order valence-electron chi connectivity index (χ0n) is 15.9. The second kappa shape index (κ2) is 9.53. The standard InChI is InChI=1S/C18H22IO.CHF3O3S/c1-13-10-11-15(17(20)18(2,3)4)16(12-13)19-14-8-6-5-7-9-14;2-1(3,4)8(5,6)7/h5-10H,11-12H2,1-4H3;(H,5,6,7)/q+1;/p-1. The first-order valence-electron chi connectivity index (χ1n) is 8.27. The average Bonchev–Trinajstić information content (AvgIpc) is 2.53. The summed E-state index contributed by atoms with van der Waals surface area (Å²) >= 11 is -0.226. The smallest absolute Gasteiger partial charge is 0.485 e. The number of halogens is 4. The fourth-order valence-corrected chi connectivity index (χ4v) is 5.29. The van der Waals surface area contributed by atoms with Gasteiger partial charge in [-0.3, -0.25) is 4.79 Å². The molecule has 0 N–H and O–H groups in total. The van der Waals surface area contributed by atoms with Crippen molar-refractivity contribution in [1.82, 2.24) is 0 Å². The molecule has 9 heteroatoms. The van der Waals surface area contributed by atoms with Crippen LogP contribution in [0.3, 0.4) is 0 Å². The van der Waals surface area contributed by atoms with Gasteiger partial charge in [0.25, 0.3) is 0 Å². The number of ketones is 1. The summed E-state index contributed by atoms with van der Waals surface area (Å²) in [4.78, 5) is 12.7. The Kier molecular flexibility index (Phi) is 8.46. The molecule has 0 saturated heterocycles. The lowest BCUT2D eigenvalue weighted by molar-refractivity contribution is -0.579. The van der Waals surface area contributed by atoms with Crippen LogP contribution in [0.25, 0.3) is 0 Å². The summed E-state index contributed by atoms with van der Waals surface area (Å²) in [5, 5.41) is 0. The van der Waals surface area contributed by atoms with Crippen molar-refractivity contribution >= 4 is 15.9 Å². The lowest BCUT2D eigenvalue weighted by Gasteiger charge is -2.20. The molecule has 0 unspecified atom stereocenters. The first-order chi connectivity index (χ1) is 12.6. The molecular weight excluding hydrogens is 508 g/mol. The van der Waals surface area contributed by atoms with Crippen molar-refractivity contribution < 1.29 is 52.1 Å². The minimum Gasteiger partial charge on any atom is -0.741 e. The monoisotopic (exact) mass is 530 g/mol. The molecule has 0 saturated carbocycles. The molecule has 0 heterocycles. The molecule has 0 aromatic heterocycles. The summed E-state index contributed by atoms with van der Waals surface area (Å²) in [5.74, 6) is 0.326. The number of hydrogen-bond acceptors (Lipinski definition) is 4. The van der Waals surface area contributed by atoms with Gasteiger partial charge in [-0.1, -0.05) is 50.6 Å². The van der Waals surface area contributed by atoms with Gasteiger partial charge in [-0.2, -0.15) is 13.2 Å². The Bertz CT molecular complexity index is 865. The fourth-order valence-electron chi connectivity index (χ4n) is 2.18. The quantitative estimate of drug-likeness (QED) is 0.258. The van der Waals surface area contributed by atoms with E-state index < -0.39 is 15.6 Å². The zero-order valence-corrected chi connectivity index (χ0v) is 18.9. The van der Waals surface area contributed by atoms with Gasteiger partial charge < -0.3 is 4.55 Å². The van der Waals surface area contributed by atoms with E-state index in [1.165, 1.54) is 12.7 Å². The highest BCUT2D eigenvalue weighted by Gasteiger charge is 2.37. The number of Topliss-reactive ketones (excluding diaryl/α,β-unsaturated/α-hetero) is 1. The van der Waals surface area contributed by atoms with Gasteiger partial charge in [0.05, 0.1) is 0 Å². The van der Waals surface area contributed by atoms with Crippen molar-refractivity contribution in [3.05, 3.63) is 54.7 Å². The van der Waals surface area contributed by atoms with E-state index in [0.29, 0.717) is 5.78 Å². The van der Waals surface area contributed by atoms with Crippen LogP contribution in [0.1, 0.15) is 40.5 Å². The van der Waals surface area contributed by atoms with Crippen LogP contribution in [0.2, 0.25) is 0 Å². The van der Waals surface area contributed by atoms with Gasteiger partial charge in [-0.25, -0.2) is 8.42 Å². The molecule has 4 nitrogen and oxygen atoms in total. The third-order valence-electron chi connectivity index (χ3n) is 3.61. The van der Waals surface area contributed by atoms with E-state index in [1.54, 1.807) is 0 Å². The van der Waals surface area contributed by atoms with E-state index in [0.717, 1.165) is 18.4 Å². The van der Waals surface area contributed by atoms with Crippen molar-refractivity contribution in [2.45, 2.75) is 46.0 Å². The van der Waals surface area contributed by atoms with Gasteiger partial charge >= 0.3 is 26.7 Å². The summed E-state index contributed by atoms with van der Waals surface area (Å²) in [6.45, 7) is 8.23. The van der Waals surface area contributed by atoms with Crippen molar-refractivity contribution in [3.63, 3.8) is 0 Å². The first kappa shape index (κ1) is 24.8. The number of allylic oxidation sites excluding steroid dienone is 4. The fraction of sp³-hybridized carbons (Fsp3) is 0.421. The predicted octanol–water partition coefficient (Wildman–Crippen LogP) is 1.61. The Morgan fingerprint density at radius 1 is 1.11 bits per heavy atom. The van der Waals surface area contributed by atoms with E-state index in [4.69, 9.17) is 13.0 Å². The molecule has 0 bridgehead atoms. The molecule has 2 rings (SSSR count). The molecule has 28 heavy (non-hydrogen) atoms. The molecule has 0 amide bonds. The molecule has 0 aliphatic heterocycles. The second-order valence-corrected chi connectivity index (χ2v) is 11.6. The van der Waals surface area contributed by atoms with Gasteiger partial charge in [0.2, 0.25) is 0 Å². The summed E-state index contributed by atoms with van der Waals surface area (Å²) in [6, 6.07) is 10.6. The SMILES string of the molecule is CC1=CCC(C(=O)C(C)(C)C)=C([I+]c2ccccc2)C1.O=S(=O)([O-])C(F)(F)F. The minimum atomic E-state index is -6.09. The van der Waals surface area contributed by atoms with Crippen molar-refractivity contribution in [2.24, 2.45) is 5.41 Å². The Morgan fingerprint density at radius 3 is 2.04 bits per heavy atom. The maximum Gasteiger partial charge on any atom is 0.485 e. The Morgan fingerprint density at radius 2 is 1.61 bits per heavy atom. The molecule has 0 spiro atoms. The van der Waals surface area contributed by atoms with E-state index in [1.807, 2.05) is 20.8 Å². The summed E-state index contributed by atoms with van der Waals surface area (Å²) in [6.07, 6.45) is 4.03. The topological polar surface area (TPSA) is 74.3 Å². The van der Waals surface area contributed by atoms with E-state index in [-0.39, 0.29) is 26.6 Å². The van der Waals surface area contributed by atoms with Crippen LogP contribution >= 0.6 is 0 Å². The van der Waals surface area contributed by atoms with Crippen LogP contribution in [0.4, 0.5) is 13.2 Å². The normalized spacial score (nSPS) is 15.5. The predicted molar refractivity (Wildman–Crippen MR) is 95.4 cm³/mol. The number of rotatable bonds is 3.